The lowest BCUT2D eigenvalue weighted by Gasteiger charge is -2.48. The van der Waals surface area contributed by atoms with Crippen molar-refractivity contribution < 1.29 is 0 Å². The monoisotopic (exact) mass is 325 g/mol. The summed E-state index contributed by atoms with van der Waals surface area (Å²) in [5, 5.41) is 1.98. The fraction of sp³-hybridized carbons (Fsp3) is 0.524. The minimum atomic E-state index is 0.487. The number of nitrogens with zero attached hydrogens (tertiary/aromatic N) is 2. The summed E-state index contributed by atoms with van der Waals surface area (Å²) >= 11 is 0. The van der Waals surface area contributed by atoms with E-state index in [0.717, 1.165) is 19.0 Å². The largest absolute Gasteiger partial charge is 0.367 e. The van der Waals surface area contributed by atoms with Crippen molar-refractivity contribution in [2.24, 2.45) is 17.7 Å². The molecule has 3 aliphatic rings. The average Bonchev–Trinajstić information content (AvgIpc) is 2.65. The number of hydrazine groups is 1. The van der Waals surface area contributed by atoms with Gasteiger partial charge >= 0.3 is 0 Å². The van der Waals surface area contributed by atoms with E-state index < -0.39 is 0 Å². The second-order valence-corrected chi connectivity index (χ2v) is 6.91. The zero-order valence-corrected chi connectivity index (χ0v) is 15.2. The maximum Gasteiger partial charge on any atom is 0.0541 e. The third kappa shape index (κ3) is 3.03. The standard InChI is InChI=1S/C19H25N3.C2H6/c1-21-17-8-4-2-6-15(17)19(14-10-12-22(20)13-11-14)16-7-3-5-9-18(16)21;1-2/h2-9,14-15,17,19H,10-13,20H2,1H3;1-2H3. The number of hydrogen-bond donors (Lipinski definition) is 1. The van der Waals surface area contributed by atoms with Crippen LogP contribution in [0.25, 0.3) is 0 Å². The normalized spacial score (nSPS) is 29.5. The summed E-state index contributed by atoms with van der Waals surface area (Å²) in [6.45, 7) is 6.05. The van der Waals surface area contributed by atoms with Gasteiger partial charge in [-0.3, -0.25) is 5.84 Å². The SMILES string of the molecule is CC.CN1c2ccccc2C(C2CCN(N)CC2)C2C=CC=CC21. The van der Waals surface area contributed by atoms with Crippen molar-refractivity contribution in [3.8, 4) is 0 Å². The Morgan fingerprint density at radius 1 is 1.00 bits per heavy atom. The molecule has 3 unspecified atom stereocenters. The molecule has 3 atom stereocenters. The molecule has 0 radical (unpaired) electrons. The molecule has 1 aliphatic carbocycles. The first-order chi connectivity index (χ1) is 11.8. The number of anilines is 1. The van der Waals surface area contributed by atoms with Crippen molar-refractivity contribution >= 4 is 5.69 Å². The first-order valence-electron chi connectivity index (χ1n) is 9.42. The highest BCUT2D eigenvalue weighted by Gasteiger charge is 2.41. The lowest BCUT2D eigenvalue weighted by Crippen LogP contribution is -2.48. The number of fused-ring (bicyclic) bond motifs is 2. The van der Waals surface area contributed by atoms with Crippen LogP contribution in [-0.4, -0.2) is 31.2 Å². The zero-order chi connectivity index (χ0) is 17.1. The van der Waals surface area contributed by atoms with Crippen LogP contribution in [0.15, 0.2) is 48.6 Å². The van der Waals surface area contributed by atoms with E-state index in [2.05, 4.69) is 60.5 Å². The van der Waals surface area contributed by atoms with Gasteiger partial charge in [0.05, 0.1) is 6.04 Å². The lowest BCUT2D eigenvalue weighted by molar-refractivity contribution is 0.153. The van der Waals surface area contributed by atoms with Crippen LogP contribution in [0.1, 0.15) is 38.2 Å². The van der Waals surface area contributed by atoms with E-state index in [4.69, 9.17) is 5.84 Å². The summed E-state index contributed by atoms with van der Waals surface area (Å²) in [6, 6.07) is 9.47. The molecule has 1 saturated heterocycles. The maximum absolute atomic E-state index is 5.97. The second-order valence-electron chi connectivity index (χ2n) is 6.91. The van der Waals surface area contributed by atoms with Gasteiger partial charge in [0.2, 0.25) is 0 Å². The molecule has 2 heterocycles. The number of rotatable bonds is 1. The van der Waals surface area contributed by atoms with Gasteiger partial charge in [-0.15, -0.1) is 0 Å². The number of benzene rings is 1. The molecule has 24 heavy (non-hydrogen) atoms. The zero-order valence-electron chi connectivity index (χ0n) is 15.2. The molecule has 4 rings (SSSR count). The van der Waals surface area contributed by atoms with Gasteiger partial charge in [0, 0.05) is 31.7 Å². The van der Waals surface area contributed by atoms with Crippen LogP contribution in [-0.2, 0) is 0 Å². The number of hydrogen-bond acceptors (Lipinski definition) is 3. The van der Waals surface area contributed by atoms with Crippen LogP contribution >= 0.6 is 0 Å². The summed E-state index contributed by atoms with van der Waals surface area (Å²) in [7, 11) is 2.23. The molecule has 0 aromatic heterocycles. The predicted molar refractivity (Wildman–Crippen MR) is 103 cm³/mol. The van der Waals surface area contributed by atoms with E-state index >= 15 is 0 Å². The number of nitrogens with two attached hydrogens (primary N) is 1. The maximum atomic E-state index is 5.97. The third-order valence-corrected chi connectivity index (χ3v) is 5.77. The van der Waals surface area contributed by atoms with Crippen molar-refractivity contribution in [2.45, 2.75) is 38.6 Å². The number of para-hydroxylation sites is 1. The van der Waals surface area contributed by atoms with Crippen LogP contribution in [0.5, 0.6) is 0 Å². The van der Waals surface area contributed by atoms with Crippen LogP contribution < -0.4 is 10.7 Å². The second kappa shape index (κ2) is 7.54. The van der Waals surface area contributed by atoms with Gasteiger partial charge in [0.15, 0.2) is 0 Å². The fourth-order valence-corrected chi connectivity index (χ4v) is 4.64. The van der Waals surface area contributed by atoms with Crippen molar-refractivity contribution in [1.29, 1.82) is 0 Å². The smallest absolute Gasteiger partial charge is 0.0541 e. The first kappa shape index (κ1) is 17.2. The molecule has 2 aliphatic heterocycles. The predicted octanol–water partition coefficient (Wildman–Crippen LogP) is 3.94. The molecule has 3 heteroatoms. The van der Waals surface area contributed by atoms with Crippen LogP contribution in [0.4, 0.5) is 5.69 Å². The Hall–Kier alpha value is -1.58. The molecule has 1 fully saturated rings. The molecule has 3 nitrogen and oxygen atoms in total. The Kier molecular flexibility index (Phi) is 5.42. The molecule has 1 aromatic carbocycles. The van der Waals surface area contributed by atoms with E-state index in [1.54, 1.807) is 0 Å². The van der Waals surface area contributed by atoms with Crippen LogP contribution in [0, 0.1) is 11.8 Å². The molecule has 0 amide bonds. The molecule has 1 aromatic rings. The van der Waals surface area contributed by atoms with Crippen molar-refractivity contribution in [3.63, 3.8) is 0 Å². The molecule has 0 spiro atoms. The van der Waals surface area contributed by atoms with Gasteiger partial charge in [-0.1, -0.05) is 56.4 Å². The molecule has 0 bridgehead atoms. The van der Waals surface area contributed by atoms with E-state index in [1.165, 1.54) is 24.1 Å². The highest BCUT2D eigenvalue weighted by Crippen LogP contribution is 2.49. The molecular weight excluding hydrogens is 294 g/mol. The van der Waals surface area contributed by atoms with E-state index in [-0.39, 0.29) is 0 Å². The van der Waals surface area contributed by atoms with Crippen LogP contribution in [0.3, 0.4) is 0 Å². The summed E-state index contributed by atoms with van der Waals surface area (Å²) in [5.41, 5.74) is 2.94. The number of allylic oxidation sites excluding steroid dienone is 2. The summed E-state index contributed by atoms with van der Waals surface area (Å²) < 4.78 is 0. The summed E-state index contributed by atoms with van der Waals surface area (Å²) in [5.74, 6) is 7.91. The van der Waals surface area contributed by atoms with E-state index in [1.807, 2.05) is 18.9 Å². The van der Waals surface area contributed by atoms with Gasteiger partial charge in [0.25, 0.3) is 0 Å². The van der Waals surface area contributed by atoms with Crippen molar-refractivity contribution in [1.82, 2.24) is 5.01 Å². The number of piperidine rings is 1. The average molecular weight is 325 g/mol. The minimum Gasteiger partial charge on any atom is -0.367 e. The third-order valence-electron chi connectivity index (χ3n) is 5.77. The number of likely N-dealkylation sites (N-methyl/N-ethyl adjacent to an activating group) is 1. The van der Waals surface area contributed by atoms with Crippen molar-refractivity contribution in [3.05, 3.63) is 54.1 Å². The highest BCUT2D eigenvalue weighted by molar-refractivity contribution is 5.60. The van der Waals surface area contributed by atoms with Crippen molar-refractivity contribution in [2.75, 3.05) is 25.0 Å². The Bertz CT molecular complexity index is 599. The molecule has 0 saturated carbocycles. The van der Waals surface area contributed by atoms with Gasteiger partial charge in [-0.25, -0.2) is 5.01 Å². The minimum absolute atomic E-state index is 0.487. The highest BCUT2D eigenvalue weighted by atomic mass is 15.4. The Labute approximate surface area is 146 Å². The molecule has 130 valence electrons. The van der Waals surface area contributed by atoms with Crippen LogP contribution in [0.2, 0.25) is 0 Å². The molecule has 2 N–H and O–H groups in total. The van der Waals surface area contributed by atoms with Gasteiger partial charge in [-0.2, -0.15) is 0 Å². The van der Waals surface area contributed by atoms with Gasteiger partial charge < -0.3 is 4.90 Å². The quantitative estimate of drug-likeness (QED) is 0.794. The molecular formula is C21H31N3. The van der Waals surface area contributed by atoms with E-state index in [0.29, 0.717) is 17.9 Å². The van der Waals surface area contributed by atoms with E-state index in [9.17, 15) is 0 Å². The summed E-state index contributed by atoms with van der Waals surface area (Å²) in [4.78, 5) is 2.45. The Morgan fingerprint density at radius 3 is 2.42 bits per heavy atom. The topological polar surface area (TPSA) is 32.5 Å². The Morgan fingerprint density at radius 2 is 1.67 bits per heavy atom. The van der Waals surface area contributed by atoms with Gasteiger partial charge in [-0.05, 0) is 36.3 Å². The van der Waals surface area contributed by atoms with Gasteiger partial charge in [0.1, 0.15) is 0 Å². The summed E-state index contributed by atoms with van der Waals surface area (Å²) in [6.07, 6.45) is 11.6. The Balaban J connectivity index is 0.000000815. The first-order valence-corrected chi connectivity index (χ1v) is 9.42. The lowest BCUT2D eigenvalue weighted by atomic mass is 9.67. The fourth-order valence-electron chi connectivity index (χ4n) is 4.64.